The van der Waals surface area contributed by atoms with Gasteiger partial charge in [0.25, 0.3) is 5.82 Å². The monoisotopic (exact) mass is 337 g/mol. The summed E-state index contributed by atoms with van der Waals surface area (Å²) < 4.78 is 37.9. The number of nitrogens with zero attached hydrogens (tertiary/aromatic N) is 3. The minimum Gasteiger partial charge on any atom is -0.352 e. The molecule has 3 N–H and O–H groups in total. The Kier molecular flexibility index (Phi) is 5.20. The van der Waals surface area contributed by atoms with Crippen LogP contribution in [0.1, 0.15) is 38.4 Å². The highest BCUT2D eigenvalue weighted by atomic mass is 32.2. The molecule has 0 spiro atoms. The zero-order valence-corrected chi connectivity index (χ0v) is 12.9. The van der Waals surface area contributed by atoms with Gasteiger partial charge in [-0.3, -0.25) is 4.79 Å². The molecule has 1 aliphatic rings. The smallest absolute Gasteiger partial charge is 0.352 e. The number of amides is 1. The van der Waals surface area contributed by atoms with Gasteiger partial charge in [0, 0.05) is 6.04 Å². The number of aromatic nitrogens is 3. The van der Waals surface area contributed by atoms with E-state index < -0.39 is 12.0 Å². The molecule has 1 amide bonds. The van der Waals surface area contributed by atoms with E-state index in [1.807, 2.05) is 0 Å². The van der Waals surface area contributed by atoms with E-state index in [-0.39, 0.29) is 22.9 Å². The zero-order valence-electron chi connectivity index (χ0n) is 12.1. The van der Waals surface area contributed by atoms with Gasteiger partial charge < -0.3 is 11.2 Å². The molecule has 2 rings (SSSR count). The molecule has 1 aliphatic carbocycles. The molecular weight excluding hydrogens is 319 g/mol. The molecule has 10 heteroatoms. The summed E-state index contributed by atoms with van der Waals surface area (Å²) in [6.07, 6.45) is -0.416. The average molecular weight is 337 g/mol. The van der Waals surface area contributed by atoms with Gasteiger partial charge in [-0.05, 0) is 18.8 Å². The van der Waals surface area contributed by atoms with Crippen molar-refractivity contribution in [3.8, 4) is 0 Å². The van der Waals surface area contributed by atoms with E-state index in [1.54, 1.807) is 0 Å². The SMILES string of the molecule is C[C@H]1CCCC[C@H]1NC(=O)CSc1nnc(C(F)(F)F)n1N. The summed E-state index contributed by atoms with van der Waals surface area (Å²) in [7, 11) is 0. The summed E-state index contributed by atoms with van der Waals surface area (Å²) in [5.74, 6) is 4.15. The van der Waals surface area contributed by atoms with E-state index in [1.165, 1.54) is 6.42 Å². The quantitative estimate of drug-likeness (QED) is 0.646. The van der Waals surface area contributed by atoms with Crippen molar-refractivity contribution < 1.29 is 18.0 Å². The summed E-state index contributed by atoms with van der Waals surface area (Å²) >= 11 is 0.834. The highest BCUT2D eigenvalue weighted by molar-refractivity contribution is 7.99. The van der Waals surface area contributed by atoms with Crippen molar-refractivity contribution >= 4 is 17.7 Å². The third kappa shape index (κ3) is 4.05. The van der Waals surface area contributed by atoms with E-state index in [0.717, 1.165) is 31.0 Å². The lowest BCUT2D eigenvalue weighted by molar-refractivity contribution is -0.146. The molecule has 22 heavy (non-hydrogen) atoms. The first kappa shape index (κ1) is 16.9. The van der Waals surface area contributed by atoms with Crippen LogP contribution in [-0.4, -0.2) is 32.6 Å². The van der Waals surface area contributed by atoms with E-state index in [0.29, 0.717) is 10.6 Å². The predicted molar refractivity (Wildman–Crippen MR) is 75.5 cm³/mol. The number of carbonyl (C=O) groups is 1. The number of rotatable bonds is 4. The molecule has 0 unspecified atom stereocenters. The van der Waals surface area contributed by atoms with Crippen LogP contribution in [0.25, 0.3) is 0 Å². The Morgan fingerprint density at radius 3 is 2.68 bits per heavy atom. The number of hydrogen-bond donors (Lipinski definition) is 2. The number of hydrogen-bond acceptors (Lipinski definition) is 5. The molecule has 6 nitrogen and oxygen atoms in total. The normalized spacial score (nSPS) is 22.5. The Morgan fingerprint density at radius 2 is 2.09 bits per heavy atom. The van der Waals surface area contributed by atoms with Crippen LogP contribution in [0, 0.1) is 5.92 Å². The number of thioether (sulfide) groups is 1. The summed E-state index contributed by atoms with van der Waals surface area (Å²) in [6.45, 7) is 2.09. The number of nitrogen functional groups attached to an aromatic ring is 1. The van der Waals surface area contributed by atoms with Gasteiger partial charge >= 0.3 is 6.18 Å². The predicted octanol–water partition coefficient (Wildman–Crippen LogP) is 1.80. The lowest BCUT2D eigenvalue weighted by Gasteiger charge is -2.29. The average Bonchev–Trinajstić information content (AvgIpc) is 2.80. The van der Waals surface area contributed by atoms with Crippen LogP contribution >= 0.6 is 11.8 Å². The largest absolute Gasteiger partial charge is 0.453 e. The van der Waals surface area contributed by atoms with Gasteiger partial charge in [0.2, 0.25) is 11.1 Å². The maximum Gasteiger partial charge on any atom is 0.453 e. The minimum atomic E-state index is -4.67. The van der Waals surface area contributed by atoms with Gasteiger partial charge in [-0.2, -0.15) is 13.2 Å². The molecule has 1 heterocycles. The van der Waals surface area contributed by atoms with Crippen LogP contribution < -0.4 is 11.2 Å². The number of nitrogens with two attached hydrogens (primary N) is 1. The number of carbonyl (C=O) groups excluding carboxylic acids is 1. The Bertz CT molecular complexity index is 533. The van der Waals surface area contributed by atoms with Crippen molar-refractivity contribution in [1.29, 1.82) is 0 Å². The van der Waals surface area contributed by atoms with Gasteiger partial charge in [0.15, 0.2) is 0 Å². The van der Waals surface area contributed by atoms with E-state index in [2.05, 4.69) is 22.4 Å². The first-order valence-corrected chi connectivity index (χ1v) is 7.97. The molecular formula is C12H18F3N5OS. The fourth-order valence-electron chi connectivity index (χ4n) is 2.48. The molecule has 1 saturated carbocycles. The van der Waals surface area contributed by atoms with Crippen molar-refractivity contribution in [1.82, 2.24) is 20.2 Å². The third-order valence-electron chi connectivity index (χ3n) is 3.71. The van der Waals surface area contributed by atoms with Crippen LogP contribution in [0.5, 0.6) is 0 Å². The van der Waals surface area contributed by atoms with Crippen LogP contribution in [0.15, 0.2) is 5.16 Å². The number of halogens is 3. The molecule has 0 aliphatic heterocycles. The van der Waals surface area contributed by atoms with Gasteiger partial charge in [0.05, 0.1) is 5.75 Å². The van der Waals surface area contributed by atoms with Gasteiger partial charge in [-0.15, -0.1) is 10.2 Å². The second kappa shape index (κ2) is 6.76. The maximum absolute atomic E-state index is 12.5. The van der Waals surface area contributed by atoms with Crippen molar-refractivity contribution in [3.05, 3.63) is 5.82 Å². The van der Waals surface area contributed by atoms with Gasteiger partial charge in [0.1, 0.15) is 0 Å². The second-order valence-electron chi connectivity index (χ2n) is 5.40. The summed E-state index contributed by atoms with van der Waals surface area (Å²) in [5, 5.41) is 9.15. The van der Waals surface area contributed by atoms with Crippen LogP contribution in [0.3, 0.4) is 0 Å². The molecule has 1 aromatic rings. The molecule has 2 atom stereocenters. The molecule has 0 bridgehead atoms. The standard InChI is InChI=1S/C12H18F3N5OS/c1-7-4-2-3-5-8(7)17-9(21)6-22-11-19-18-10(20(11)16)12(13,14)15/h7-8H,2-6,16H2,1H3,(H,17,21)/t7-,8+/m0/s1. The molecule has 1 fully saturated rings. The van der Waals surface area contributed by atoms with Crippen LogP contribution in [-0.2, 0) is 11.0 Å². The highest BCUT2D eigenvalue weighted by Crippen LogP contribution is 2.29. The van der Waals surface area contributed by atoms with Crippen molar-refractivity contribution in [2.24, 2.45) is 5.92 Å². The topological polar surface area (TPSA) is 85.8 Å². The van der Waals surface area contributed by atoms with Crippen molar-refractivity contribution in [2.75, 3.05) is 11.6 Å². The van der Waals surface area contributed by atoms with Gasteiger partial charge in [-0.1, -0.05) is 31.5 Å². The van der Waals surface area contributed by atoms with Gasteiger partial charge in [-0.25, -0.2) is 4.68 Å². The number of alkyl halides is 3. The molecule has 1 aromatic heterocycles. The Labute approximate surface area is 130 Å². The van der Waals surface area contributed by atoms with Crippen molar-refractivity contribution in [2.45, 2.75) is 50.0 Å². The van der Waals surface area contributed by atoms with E-state index in [9.17, 15) is 18.0 Å². The lowest BCUT2D eigenvalue weighted by atomic mass is 9.86. The Morgan fingerprint density at radius 1 is 1.41 bits per heavy atom. The highest BCUT2D eigenvalue weighted by Gasteiger charge is 2.38. The second-order valence-corrected chi connectivity index (χ2v) is 6.34. The van der Waals surface area contributed by atoms with Crippen molar-refractivity contribution in [3.63, 3.8) is 0 Å². The maximum atomic E-state index is 12.5. The minimum absolute atomic E-state index is 0.0452. The summed E-state index contributed by atoms with van der Waals surface area (Å²) in [6, 6.07) is 0.128. The Hall–Kier alpha value is -1.45. The molecule has 0 aromatic carbocycles. The summed E-state index contributed by atoms with van der Waals surface area (Å²) in [4.78, 5) is 11.9. The van der Waals surface area contributed by atoms with E-state index >= 15 is 0 Å². The van der Waals surface area contributed by atoms with Crippen LogP contribution in [0.4, 0.5) is 13.2 Å². The van der Waals surface area contributed by atoms with Crippen LogP contribution in [0.2, 0.25) is 0 Å². The fraction of sp³-hybridized carbons (Fsp3) is 0.750. The molecule has 0 saturated heterocycles. The zero-order chi connectivity index (χ0) is 16.3. The Balaban J connectivity index is 1.87. The number of nitrogens with one attached hydrogen (secondary N) is 1. The third-order valence-corrected chi connectivity index (χ3v) is 4.65. The van der Waals surface area contributed by atoms with E-state index in [4.69, 9.17) is 5.84 Å². The first-order valence-electron chi connectivity index (χ1n) is 6.99. The summed E-state index contributed by atoms with van der Waals surface area (Å²) in [5.41, 5.74) is 0. The lowest BCUT2D eigenvalue weighted by Crippen LogP contribution is -2.41. The fourth-order valence-corrected chi connectivity index (χ4v) is 3.15. The molecule has 0 radical (unpaired) electrons. The first-order chi connectivity index (χ1) is 10.3. The molecule has 124 valence electrons.